The third-order valence-corrected chi connectivity index (χ3v) is 7.39. The van der Waals surface area contributed by atoms with Gasteiger partial charge in [0, 0.05) is 39.0 Å². The molecule has 0 aromatic rings. The molecule has 9 heteroatoms. The average Bonchev–Trinajstić information content (AvgIpc) is 3.08. The average molecular weight is 419 g/mol. The SMILES string of the molecule is CCO[Si](CCCNC(=O)[C@@H]1CCCN1C(=O)OC(C)(C)C)(OCC)OCC. The van der Waals surface area contributed by atoms with E-state index in [1.807, 2.05) is 41.5 Å². The molecule has 0 aromatic heterocycles. The van der Waals surface area contributed by atoms with Crippen LogP contribution >= 0.6 is 0 Å². The third kappa shape index (κ3) is 8.06. The molecule has 2 amide bonds. The lowest BCUT2D eigenvalue weighted by Gasteiger charge is -2.29. The predicted octanol–water partition coefficient (Wildman–Crippen LogP) is 2.94. The molecule has 164 valence electrons. The van der Waals surface area contributed by atoms with Crippen molar-refractivity contribution in [2.75, 3.05) is 32.9 Å². The number of nitrogens with one attached hydrogen (secondary N) is 1. The highest BCUT2D eigenvalue weighted by molar-refractivity contribution is 6.60. The quantitative estimate of drug-likeness (QED) is 0.410. The second-order valence-electron chi connectivity index (χ2n) is 7.71. The molecule has 1 N–H and O–H groups in total. The summed E-state index contributed by atoms with van der Waals surface area (Å²) < 4.78 is 22.9. The summed E-state index contributed by atoms with van der Waals surface area (Å²) in [4.78, 5) is 26.4. The fourth-order valence-corrected chi connectivity index (χ4v) is 5.83. The van der Waals surface area contributed by atoms with E-state index >= 15 is 0 Å². The van der Waals surface area contributed by atoms with Crippen molar-refractivity contribution in [3.63, 3.8) is 0 Å². The van der Waals surface area contributed by atoms with Crippen LogP contribution in [0.4, 0.5) is 4.79 Å². The Morgan fingerprint density at radius 2 is 1.64 bits per heavy atom. The molecule has 0 saturated carbocycles. The lowest BCUT2D eigenvalue weighted by atomic mass is 10.2. The van der Waals surface area contributed by atoms with Gasteiger partial charge in [-0.15, -0.1) is 0 Å². The number of ether oxygens (including phenoxy) is 1. The lowest BCUT2D eigenvalue weighted by Crippen LogP contribution is -2.48. The molecule has 1 rings (SSSR count). The number of carbonyl (C=O) groups is 2. The number of hydrogen-bond acceptors (Lipinski definition) is 6. The number of amides is 2. The second kappa shape index (κ2) is 11.7. The van der Waals surface area contributed by atoms with E-state index < -0.39 is 26.5 Å². The molecule has 1 saturated heterocycles. The van der Waals surface area contributed by atoms with Crippen molar-refractivity contribution < 1.29 is 27.6 Å². The van der Waals surface area contributed by atoms with E-state index in [-0.39, 0.29) is 5.91 Å². The summed E-state index contributed by atoms with van der Waals surface area (Å²) in [7, 11) is -2.69. The predicted molar refractivity (Wildman–Crippen MR) is 109 cm³/mol. The first-order chi connectivity index (χ1) is 13.2. The van der Waals surface area contributed by atoms with E-state index in [9.17, 15) is 9.59 Å². The van der Waals surface area contributed by atoms with Crippen molar-refractivity contribution in [2.45, 2.75) is 78.5 Å². The summed E-state index contributed by atoms with van der Waals surface area (Å²) in [6.45, 7) is 13.9. The number of rotatable bonds is 11. The van der Waals surface area contributed by atoms with Gasteiger partial charge >= 0.3 is 14.9 Å². The number of carbonyl (C=O) groups excluding carboxylic acids is 2. The second-order valence-corrected chi connectivity index (χ2v) is 10.4. The standard InChI is InChI=1S/C19H38N2O6Si/c1-7-24-28(25-8-2,26-9-3)15-11-13-20-17(22)16-12-10-14-21(16)18(23)27-19(4,5)6/h16H,7-15H2,1-6H3,(H,20,22)/t16-/m0/s1. The fourth-order valence-electron chi connectivity index (χ4n) is 3.21. The van der Waals surface area contributed by atoms with E-state index in [0.29, 0.717) is 51.8 Å². The first-order valence-corrected chi connectivity index (χ1v) is 12.3. The van der Waals surface area contributed by atoms with Crippen molar-refractivity contribution in [3.05, 3.63) is 0 Å². The molecular weight excluding hydrogens is 380 g/mol. The van der Waals surface area contributed by atoms with E-state index in [1.54, 1.807) is 0 Å². The Balaban J connectivity index is 2.53. The third-order valence-electron chi connectivity index (χ3n) is 4.24. The summed E-state index contributed by atoms with van der Waals surface area (Å²) in [5.74, 6) is -0.139. The van der Waals surface area contributed by atoms with Crippen molar-refractivity contribution in [2.24, 2.45) is 0 Å². The van der Waals surface area contributed by atoms with Crippen LogP contribution in [0.25, 0.3) is 0 Å². The van der Waals surface area contributed by atoms with Crippen LogP contribution in [-0.2, 0) is 22.8 Å². The van der Waals surface area contributed by atoms with Crippen molar-refractivity contribution >= 4 is 20.8 Å². The normalized spacial score (nSPS) is 17.6. The van der Waals surface area contributed by atoms with Crippen LogP contribution < -0.4 is 5.32 Å². The van der Waals surface area contributed by atoms with Crippen LogP contribution in [0.5, 0.6) is 0 Å². The monoisotopic (exact) mass is 418 g/mol. The molecule has 28 heavy (non-hydrogen) atoms. The maximum Gasteiger partial charge on any atom is 0.500 e. The number of likely N-dealkylation sites (tertiary alicyclic amines) is 1. The summed E-state index contributed by atoms with van der Waals surface area (Å²) >= 11 is 0. The van der Waals surface area contributed by atoms with E-state index in [4.69, 9.17) is 18.0 Å². The molecule has 1 aliphatic rings. The minimum atomic E-state index is -2.69. The zero-order valence-electron chi connectivity index (χ0n) is 18.3. The van der Waals surface area contributed by atoms with Crippen LogP contribution in [0.2, 0.25) is 6.04 Å². The molecule has 0 aromatic carbocycles. The first-order valence-electron chi connectivity index (χ1n) is 10.4. The minimum absolute atomic E-state index is 0.139. The zero-order chi connectivity index (χ0) is 21.2. The summed E-state index contributed by atoms with van der Waals surface area (Å²) in [6.07, 6.45) is 1.71. The number of nitrogens with zero attached hydrogens (tertiary/aromatic N) is 1. The van der Waals surface area contributed by atoms with Gasteiger partial charge in [0.15, 0.2) is 0 Å². The van der Waals surface area contributed by atoms with Crippen LogP contribution in [0.3, 0.4) is 0 Å². The molecule has 0 spiro atoms. The molecule has 0 bridgehead atoms. The van der Waals surface area contributed by atoms with Gasteiger partial charge in [-0.05, 0) is 60.8 Å². The van der Waals surface area contributed by atoms with Crippen LogP contribution in [-0.4, -0.2) is 70.3 Å². The topological polar surface area (TPSA) is 86.3 Å². The van der Waals surface area contributed by atoms with Crippen LogP contribution in [0.15, 0.2) is 0 Å². The molecule has 1 fully saturated rings. The van der Waals surface area contributed by atoms with Gasteiger partial charge < -0.3 is 23.3 Å². The molecule has 8 nitrogen and oxygen atoms in total. The van der Waals surface area contributed by atoms with E-state index in [1.165, 1.54) is 4.90 Å². The highest BCUT2D eigenvalue weighted by atomic mass is 28.4. The maximum absolute atomic E-state index is 12.6. The molecule has 1 heterocycles. The zero-order valence-corrected chi connectivity index (χ0v) is 19.3. The minimum Gasteiger partial charge on any atom is -0.444 e. The number of hydrogen-bond donors (Lipinski definition) is 1. The van der Waals surface area contributed by atoms with Crippen molar-refractivity contribution in [1.29, 1.82) is 0 Å². The first kappa shape index (κ1) is 24.9. The van der Waals surface area contributed by atoms with Gasteiger partial charge in [-0.3, -0.25) is 9.69 Å². The van der Waals surface area contributed by atoms with E-state index in [0.717, 1.165) is 6.42 Å². The lowest BCUT2D eigenvalue weighted by molar-refractivity contribution is -0.125. The Hall–Kier alpha value is -1.16. The Kier molecular flexibility index (Phi) is 10.4. The van der Waals surface area contributed by atoms with Gasteiger partial charge in [-0.2, -0.15) is 0 Å². The van der Waals surface area contributed by atoms with Gasteiger partial charge in [-0.1, -0.05) is 0 Å². The van der Waals surface area contributed by atoms with Gasteiger partial charge in [0.2, 0.25) is 5.91 Å². The molecule has 1 aliphatic heterocycles. The summed E-state index contributed by atoms with van der Waals surface area (Å²) in [5, 5.41) is 2.94. The molecule has 0 unspecified atom stereocenters. The van der Waals surface area contributed by atoms with Gasteiger partial charge in [-0.25, -0.2) is 4.79 Å². The summed E-state index contributed by atoms with van der Waals surface area (Å²) in [6, 6.07) is 0.172. The highest BCUT2D eigenvalue weighted by Crippen LogP contribution is 2.21. The molecule has 0 aliphatic carbocycles. The molecular formula is C19H38N2O6Si. The Bertz CT molecular complexity index is 480. The van der Waals surface area contributed by atoms with Crippen molar-refractivity contribution in [3.8, 4) is 0 Å². The fraction of sp³-hybridized carbons (Fsp3) is 0.895. The Morgan fingerprint density at radius 1 is 1.07 bits per heavy atom. The van der Waals surface area contributed by atoms with Crippen molar-refractivity contribution in [1.82, 2.24) is 10.2 Å². The Morgan fingerprint density at radius 3 is 2.14 bits per heavy atom. The van der Waals surface area contributed by atoms with Crippen LogP contribution in [0.1, 0.15) is 60.8 Å². The Labute approximate surface area is 170 Å². The van der Waals surface area contributed by atoms with Gasteiger partial charge in [0.1, 0.15) is 11.6 Å². The maximum atomic E-state index is 12.6. The molecule has 0 radical (unpaired) electrons. The van der Waals surface area contributed by atoms with Gasteiger partial charge in [0.25, 0.3) is 0 Å². The van der Waals surface area contributed by atoms with Crippen LogP contribution in [0, 0.1) is 0 Å². The summed E-state index contributed by atoms with van der Waals surface area (Å²) in [5.41, 5.74) is -0.577. The van der Waals surface area contributed by atoms with E-state index in [2.05, 4.69) is 5.32 Å². The molecule has 1 atom stereocenters. The largest absolute Gasteiger partial charge is 0.500 e. The smallest absolute Gasteiger partial charge is 0.444 e. The highest BCUT2D eigenvalue weighted by Gasteiger charge is 2.40. The van der Waals surface area contributed by atoms with Gasteiger partial charge in [0.05, 0.1) is 0 Å².